The molecule has 1 aliphatic rings. The first-order valence-corrected chi connectivity index (χ1v) is 9.24. The van der Waals surface area contributed by atoms with Crippen molar-refractivity contribution in [2.75, 3.05) is 0 Å². The molecule has 162 valence electrons. The van der Waals surface area contributed by atoms with Gasteiger partial charge in [-0.2, -0.15) is 0 Å². The highest BCUT2D eigenvalue weighted by Crippen LogP contribution is 2.35. The molecule has 8 heteroatoms. The maximum atomic E-state index is 13.1. The van der Waals surface area contributed by atoms with E-state index in [1.54, 1.807) is 0 Å². The molecule has 0 saturated carbocycles. The lowest BCUT2D eigenvalue weighted by atomic mass is 9.94. The Morgan fingerprint density at radius 1 is 0.871 bits per heavy atom. The molecule has 0 aromatic heterocycles. The quantitative estimate of drug-likeness (QED) is 0.440. The Morgan fingerprint density at radius 3 is 1.84 bits per heavy atom. The normalized spacial score (nSPS) is 23.2. The summed E-state index contributed by atoms with van der Waals surface area (Å²) < 4.78 is 37.3. The van der Waals surface area contributed by atoms with E-state index in [0.29, 0.717) is 11.1 Å². The summed E-state index contributed by atoms with van der Waals surface area (Å²) >= 11 is 0. The number of rotatable bonds is 8. The number of aliphatic carboxylic acids is 1. The van der Waals surface area contributed by atoms with Gasteiger partial charge in [0.05, 0.1) is 13.2 Å². The summed E-state index contributed by atoms with van der Waals surface area (Å²) in [7, 11) is 0. The largest absolute Gasteiger partial charge is 0.478 e. The molecule has 0 bridgehead atoms. The van der Waals surface area contributed by atoms with Crippen LogP contribution in [0.1, 0.15) is 11.1 Å². The Bertz CT molecular complexity index is 1010. The number of halogens is 2. The SMILES string of the molecule is O=C(O)C=CC1=CC(O)(OCc2ccc(F)cc2)C(O)(OCc2ccc(F)cc2)C=C1. The van der Waals surface area contributed by atoms with Crippen LogP contribution in [0.4, 0.5) is 8.78 Å². The molecule has 2 atom stereocenters. The van der Waals surface area contributed by atoms with E-state index in [2.05, 4.69) is 0 Å². The van der Waals surface area contributed by atoms with Crippen LogP contribution in [0.15, 0.2) is 84.5 Å². The molecule has 0 amide bonds. The lowest BCUT2D eigenvalue weighted by molar-refractivity contribution is -0.349. The number of carboxylic acids is 1. The Hall–Kier alpha value is -3.17. The van der Waals surface area contributed by atoms with Gasteiger partial charge in [-0.05, 0) is 59.2 Å². The van der Waals surface area contributed by atoms with Crippen molar-refractivity contribution in [2.45, 2.75) is 24.8 Å². The van der Waals surface area contributed by atoms with E-state index in [9.17, 15) is 23.8 Å². The third-order valence-electron chi connectivity index (χ3n) is 4.54. The van der Waals surface area contributed by atoms with Crippen LogP contribution < -0.4 is 0 Å². The third-order valence-corrected chi connectivity index (χ3v) is 4.54. The second-order valence-corrected chi connectivity index (χ2v) is 6.87. The zero-order valence-corrected chi connectivity index (χ0v) is 16.2. The van der Waals surface area contributed by atoms with Gasteiger partial charge in [-0.1, -0.05) is 30.3 Å². The first kappa shape index (κ1) is 22.5. The van der Waals surface area contributed by atoms with E-state index in [1.165, 1.54) is 60.7 Å². The molecule has 3 N–H and O–H groups in total. The smallest absolute Gasteiger partial charge is 0.328 e. The van der Waals surface area contributed by atoms with Crippen molar-refractivity contribution >= 4 is 5.97 Å². The van der Waals surface area contributed by atoms with Crippen LogP contribution in [0.3, 0.4) is 0 Å². The Labute approximate surface area is 177 Å². The molecule has 0 fully saturated rings. The minimum absolute atomic E-state index is 0.183. The number of carboxylic acid groups (broad SMARTS) is 1. The van der Waals surface area contributed by atoms with E-state index >= 15 is 0 Å². The predicted molar refractivity (Wildman–Crippen MR) is 106 cm³/mol. The summed E-state index contributed by atoms with van der Waals surface area (Å²) in [5.74, 6) is -6.82. The van der Waals surface area contributed by atoms with Gasteiger partial charge in [-0.25, -0.2) is 13.6 Å². The van der Waals surface area contributed by atoms with Crippen LogP contribution in [0.5, 0.6) is 0 Å². The maximum absolute atomic E-state index is 13.1. The monoisotopic (exact) mass is 430 g/mol. The second-order valence-electron chi connectivity index (χ2n) is 6.87. The lowest BCUT2D eigenvalue weighted by Crippen LogP contribution is -2.56. The van der Waals surface area contributed by atoms with Crippen molar-refractivity contribution < 1.29 is 38.4 Å². The standard InChI is InChI=1S/C23H20F2O6/c24-19-6-1-17(2-7-19)14-30-22(28)12-11-16(5-10-21(26)27)13-23(22,29)31-15-18-3-8-20(25)9-4-18/h1-13,28-29H,14-15H2,(H,26,27). The van der Waals surface area contributed by atoms with Gasteiger partial charge in [0.15, 0.2) is 0 Å². The Balaban J connectivity index is 1.84. The van der Waals surface area contributed by atoms with Crippen molar-refractivity contribution in [3.63, 3.8) is 0 Å². The van der Waals surface area contributed by atoms with Crippen molar-refractivity contribution in [3.05, 3.63) is 107 Å². The van der Waals surface area contributed by atoms with E-state index < -0.39 is 29.2 Å². The number of hydrogen-bond donors (Lipinski definition) is 3. The van der Waals surface area contributed by atoms with Gasteiger partial charge >= 0.3 is 5.97 Å². The molecule has 2 aromatic rings. The van der Waals surface area contributed by atoms with Crippen LogP contribution in [0.25, 0.3) is 0 Å². The molecule has 2 aromatic carbocycles. The molecule has 0 aliphatic heterocycles. The van der Waals surface area contributed by atoms with Gasteiger partial charge < -0.3 is 24.8 Å². The fourth-order valence-corrected chi connectivity index (χ4v) is 2.82. The molecule has 3 rings (SSSR count). The fourth-order valence-electron chi connectivity index (χ4n) is 2.82. The van der Waals surface area contributed by atoms with Crippen LogP contribution in [-0.2, 0) is 27.5 Å². The van der Waals surface area contributed by atoms with Gasteiger partial charge in [0.1, 0.15) is 11.6 Å². The molecule has 31 heavy (non-hydrogen) atoms. The van der Waals surface area contributed by atoms with E-state index in [0.717, 1.165) is 18.2 Å². The van der Waals surface area contributed by atoms with Gasteiger partial charge in [-0.15, -0.1) is 0 Å². The summed E-state index contributed by atoms with van der Waals surface area (Å²) in [6.45, 7) is -0.392. The number of benzene rings is 2. The zero-order chi connectivity index (χ0) is 22.5. The first-order valence-electron chi connectivity index (χ1n) is 9.24. The fraction of sp³-hybridized carbons (Fsp3) is 0.174. The topological polar surface area (TPSA) is 96.2 Å². The molecular weight excluding hydrogens is 410 g/mol. The molecule has 1 aliphatic carbocycles. The van der Waals surface area contributed by atoms with E-state index in [4.69, 9.17) is 14.6 Å². The highest BCUT2D eigenvalue weighted by molar-refractivity contribution is 5.80. The van der Waals surface area contributed by atoms with Crippen LogP contribution in [0.2, 0.25) is 0 Å². The summed E-state index contributed by atoms with van der Waals surface area (Å²) in [6.07, 6.45) is 5.67. The number of carbonyl (C=O) groups is 1. The summed E-state index contributed by atoms with van der Waals surface area (Å²) in [5.41, 5.74) is 1.30. The van der Waals surface area contributed by atoms with E-state index in [-0.39, 0.29) is 18.8 Å². The zero-order valence-electron chi connectivity index (χ0n) is 16.2. The molecule has 0 spiro atoms. The van der Waals surface area contributed by atoms with Gasteiger partial charge in [0.25, 0.3) is 0 Å². The highest BCUT2D eigenvalue weighted by Gasteiger charge is 2.51. The second kappa shape index (κ2) is 9.32. The summed E-state index contributed by atoms with van der Waals surface area (Å²) in [5, 5.41) is 31.0. The van der Waals surface area contributed by atoms with Crippen molar-refractivity contribution in [2.24, 2.45) is 0 Å². The molecule has 0 saturated heterocycles. The minimum atomic E-state index is -2.41. The number of aliphatic hydroxyl groups is 2. The summed E-state index contributed by atoms with van der Waals surface area (Å²) in [6, 6.07) is 10.7. The van der Waals surface area contributed by atoms with Crippen LogP contribution in [0, 0.1) is 11.6 Å². The third kappa shape index (κ3) is 5.71. The van der Waals surface area contributed by atoms with E-state index in [1.807, 2.05) is 0 Å². The Kier molecular flexibility index (Phi) is 6.77. The number of hydrogen-bond acceptors (Lipinski definition) is 5. The average molecular weight is 430 g/mol. The molecular formula is C23H20F2O6. The van der Waals surface area contributed by atoms with Crippen molar-refractivity contribution in [1.82, 2.24) is 0 Å². The van der Waals surface area contributed by atoms with Crippen LogP contribution in [-0.4, -0.2) is 32.9 Å². The number of ether oxygens (including phenoxy) is 2. The van der Waals surface area contributed by atoms with Crippen molar-refractivity contribution in [1.29, 1.82) is 0 Å². The molecule has 0 heterocycles. The predicted octanol–water partition coefficient (Wildman–Crippen LogP) is 3.21. The van der Waals surface area contributed by atoms with Crippen LogP contribution >= 0.6 is 0 Å². The first-order chi connectivity index (χ1) is 14.7. The average Bonchev–Trinajstić information content (AvgIpc) is 2.74. The number of allylic oxidation sites excluding steroid dienone is 3. The molecule has 0 radical (unpaired) electrons. The lowest BCUT2D eigenvalue weighted by Gasteiger charge is -2.40. The minimum Gasteiger partial charge on any atom is -0.478 e. The van der Waals surface area contributed by atoms with Crippen molar-refractivity contribution in [3.8, 4) is 0 Å². The summed E-state index contributed by atoms with van der Waals surface area (Å²) in [4.78, 5) is 10.8. The maximum Gasteiger partial charge on any atom is 0.328 e. The molecule has 2 unspecified atom stereocenters. The Morgan fingerprint density at radius 2 is 1.35 bits per heavy atom. The molecule has 6 nitrogen and oxygen atoms in total. The van der Waals surface area contributed by atoms with Gasteiger partial charge in [0, 0.05) is 6.08 Å². The highest BCUT2D eigenvalue weighted by atomic mass is 19.1. The van der Waals surface area contributed by atoms with Gasteiger partial charge in [0.2, 0.25) is 11.6 Å². The van der Waals surface area contributed by atoms with Gasteiger partial charge in [-0.3, -0.25) is 0 Å².